The number of nitrogens with one attached hydrogen (secondary N) is 1. The van der Waals surface area contributed by atoms with Crippen molar-refractivity contribution in [1.82, 2.24) is 14.5 Å². The Kier molecular flexibility index (Phi) is 7.46. The molecule has 1 aliphatic rings. The van der Waals surface area contributed by atoms with Gasteiger partial charge in [-0.2, -0.15) is 0 Å². The monoisotopic (exact) mass is 380 g/mol. The Labute approximate surface area is 158 Å². The Bertz CT molecular complexity index is 693. The lowest BCUT2D eigenvalue weighted by Crippen LogP contribution is -2.40. The highest BCUT2D eigenvalue weighted by atomic mass is 32.2. The van der Waals surface area contributed by atoms with E-state index < -0.39 is 10.0 Å². The normalized spacial score (nSPS) is 17.3. The van der Waals surface area contributed by atoms with Gasteiger partial charge in [-0.1, -0.05) is 29.8 Å². The number of guanidine groups is 1. The summed E-state index contributed by atoms with van der Waals surface area (Å²) in [5.41, 5.74) is 2.52. The van der Waals surface area contributed by atoms with Crippen LogP contribution in [0.1, 0.15) is 30.9 Å². The summed E-state index contributed by atoms with van der Waals surface area (Å²) in [5.74, 6) is 1.34. The first kappa shape index (κ1) is 20.7. The predicted octanol–water partition coefficient (Wildman–Crippen LogP) is 2.06. The summed E-state index contributed by atoms with van der Waals surface area (Å²) in [5, 5.41) is 3.36. The van der Waals surface area contributed by atoms with Crippen LogP contribution in [0.2, 0.25) is 0 Å². The van der Waals surface area contributed by atoms with E-state index in [9.17, 15) is 8.42 Å². The van der Waals surface area contributed by atoms with Crippen molar-refractivity contribution in [3.63, 3.8) is 0 Å². The van der Waals surface area contributed by atoms with Crippen LogP contribution in [-0.4, -0.2) is 63.1 Å². The third-order valence-electron chi connectivity index (χ3n) is 4.78. The first-order valence-corrected chi connectivity index (χ1v) is 11.1. The molecule has 1 aromatic carbocycles. The number of nitrogens with zero attached hydrogens (tertiary/aromatic N) is 3. The summed E-state index contributed by atoms with van der Waals surface area (Å²) < 4.78 is 24.8. The first-order chi connectivity index (χ1) is 12.3. The highest BCUT2D eigenvalue weighted by Crippen LogP contribution is 2.19. The van der Waals surface area contributed by atoms with E-state index in [-0.39, 0.29) is 0 Å². The maximum absolute atomic E-state index is 11.6. The van der Waals surface area contributed by atoms with Gasteiger partial charge in [-0.25, -0.2) is 12.7 Å². The van der Waals surface area contributed by atoms with Crippen molar-refractivity contribution in [1.29, 1.82) is 0 Å². The quantitative estimate of drug-likeness (QED) is 0.606. The molecule has 1 saturated heterocycles. The largest absolute Gasteiger partial charge is 0.357 e. The molecule has 0 radical (unpaired) electrons. The highest BCUT2D eigenvalue weighted by Gasteiger charge is 2.24. The van der Waals surface area contributed by atoms with Crippen molar-refractivity contribution < 1.29 is 8.42 Å². The number of sulfonamides is 1. The highest BCUT2D eigenvalue weighted by molar-refractivity contribution is 7.88. The van der Waals surface area contributed by atoms with E-state index in [1.54, 1.807) is 4.31 Å². The average Bonchev–Trinajstić information content (AvgIpc) is 2.60. The number of aryl methyl sites for hydroxylation is 1. The van der Waals surface area contributed by atoms with Crippen LogP contribution in [0, 0.1) is 12.8 Å². The van der Waals surface area contributed by atoms with E-state index in [1.807, 2.05) is 7.05 Å². The van der Waals surface area contributed by atoms with Gasteiger partial charge >= 0.3 is 0 Å². The van der Waals surface area contributed by atoms with Crippen molar-refractivity contribution in [2.24, 2.45) is 10.9 Å². The second-order valence-electron chi connectivity index (χ2n) is 7.14. The fourth-order valence-corrected chi connectivity index (χ4v) is 4.03. The minimum Gasteiger partial charge on any atom is -0.357 e. The molecule has 1 aliphatic heterocycles. The van der Waals surface area contributed by atoms with Crippen LogP contribution >= 0.6 is 0 Å². The Hall–Kier alpha value is -1.60. The van der Waals surface area contributed by atoms with Crippen LogP contribution in [0.5, 0.6) is 0 Å². The van der Waals surface area contributed by atoms with E-state index in [0.717, 1.165) is 38.4 Å². The third kappa shape index (κ3) is 6.29. The molecule has 2 rings (SSSR count). The molecule has 6 nitrogen and oxygen atoms in total. The molecule has 0 aromatic heterocycles. The molecule has 0 aliphatic carbocycles. The molecule has 0 unspecified atom stereocenters. The Morgan fingerprint density at radius 3 is 2.42 bits per heavy atom. The van der Waals surface area contributed by atoms with Crippen molar-refractivity contribution in [2.75, 3.05) is 39.5 Å². The summed E-state index contributed by atoms with van der Waals surface area (Å²) in [6, 6.07) is 8.55. The van der Waals surface area contributed by atoms with Crippen LogP contribution in [0.25, 0.3) is 0 Å². The van der Waals surface area contributed by atoms with E-state index in [0.29, 0.717) is 19.0 Å². The van der Waals surface area contributed by atoms with Crippen LogP contribution in [0.3, 0.4) is 0 Å². The lowest BCUT2D eigenvalue weighted by Gasteiger charge is -2.30. The molecular formula is C19H32N4O2S. The number of rotatable bonds is 6. The van der Waals surface area contributed by atoms with Gasteiger partial charge < -0.3 is 10.2 Å². The Morgan fingerprint density at radius 1 is 1.27 bits per heavy atom. The van der Waals surface area contributed by atoms with E-state index >= 15 is 0 Å². The molecule has 1 heterocycles. The van der Waals surface area contributed by atoms with E-state index in [4.69, 9.17) is 4.99 Å². The van der Waals surface area contributed by atoms with Crippen LogP contribution in [0.4, 0.5) is 0 Å². The fourth-order valence-electron chi connectivity index (χ4n) is 3.15. The summed E-state index contributed by atoms with van der Waals surface area (Å²) in [7, 11) is -1.01. The number of benzene rings is 1. The zero-order valence-electron chi connectivity index (χ0n) is 16.4. The van der Waals surface area contributed by atoms with Crippen molar-refractivity contribution >= 4 is 16.0 Å². The number of aliphatic imine (C=N–C) groups is 1. The molecule has 1 fully saturated rings. The zero-order chi connectivity index (χ0) is 19.2. The van der Waals surface area contributed by atoms with E-state index in [2.05, 4.69) is 48.3 Å². The molecule has 0 saturated carbocycles. The number of hydrogen-bond acceptors (Lipinski definition) is 3. The number of piperidine rings is 1. The third-order valence-corrected chi connectivity index (χ3v) is 6.08. The van der Waals surface area contributed by atoms with E-state index in [1.165, 1.54) is 17.4 Å². The first-order valence-electron chi connectivity index (χ1n) is 9.29. The minimum absolute atomic E-state index is 0.439. The van der Waals surface area contributed by atoms with Crippen molar-refractivity contribution in [3.8, 4) is 0 Å². The number of hydrogen-bond donors (Lipinski definition) is 1. The van der Waals surface area contributed by atoms with Gasteiger partial charge in [0.2, 0.25) is 10.0 Å². The Morgan fingerprint density at radius 2 is 1.88 bits per heavy atom. The topological polar surface area (TPSA) is 65.0 Å². The predicted molar refractivity (Wildman–Crippen MR) is 108 cm³/mol. The van der Waals surface area contributed by atoms with Gasteiger partial charge in [0, 0.05) is 39.8 Å². The summed E-state index contributed by atoms with van der Waals surface area (Å²) in [4.78, 5) is 6.94. The van der Waals surface area contributed by atoms with Crippen LogP contribution < -0.4 is 5.32 Å². The molecule has 0 amide bonds. The molecule has 7 heteroatoms. The minimum atomic E-state index is -3.06. The second-order valence-corrected chi connectivity index (χ2v) is 9.12. The molecular weight excluding hydrogens is 348 g/mol. The molecule has 0 spiro atoms. The molecule has 0 bridgehead atoms. The van der Waals surface area contributed by atoms with Gasteiger partial charge in [0.15, 0.2) is 5.96 Å². The zero-order valence-corrected chi connectivity index (χ0v) is 17.2. The Balaban J connectivity index is 1.92. The maximum atomic E-state index is 11.6. The van der Waals surface area contributed by atoms with Crippen LogP contribution in [-0.2, 0) is 16.6 Å². The molecule has 0 atom stereocenters. The molecule has 146 valence electrons. The average molecular weight is 381 g/mol. The lowest BCUT2D eigenvalue weighted by atomic mass is 9.98. The van der Waals surface area contributed by atoms with Gasteiger partial charge in [0.1, 0.15) is 0 Å². The smallest absolute Gasteiger partial charge is 0.211 e. The standard InChI is InChI=1S/C19H32N4O2S/c1-5-20-19(22(3)15-18-8-6-16(2)7-9-18)21-14-17-10-12-23(13-11-17)26(4,24)25/h6-9,17H,5,10-15H2,1-4H3,(H,20,21). The van der Waals surface area contributed by atoms with Gasteiger partial charge in [-0.3, -0.25) is 4.99 Å². The van der Waals surface area contributed by atoms with Crippen molar-refractivity contribution in [2.45, 2.75) is 33.2 Å². The van der Waals surface area contributed by atoms with Gasteiger partial charge in [-0.05, 0) is 38.2 Å². The SMILES string of the molecule is CCNC(=NCC1CCN(S(C)(=O)=O)CC1)N(C)Cc1ccc(C)cc1. The molecule has 1 N–H and O–H groups in total. The molecule has 1 aromatic rings. The molecule has 26 heavy (non-hydrogen) atoms. The van der Waals surface area contributed by atoms with Crippen molar-refractivity contribution in [3.05, 3.63) is 35.4 Å². The van der Waals surface area contributed by atoms with Gasteiger partial charge in [0.25, 0.3) is 0 Å². The fraction of sp³-hybridized carbons (Fsp3) is 0.632. The van der Waals surface area contributed by atoms with Gasteiger partial charge in [0.05, 0.1) is 6.26 Å². The summed E-state index contributed by atoms with van der Waals surface area (Å²) in [6.45, 7) is 7.73. The lowest BCUT2D eigenvalue weighted by molar-refractivity contribution is 0.279. The summed E-state index contributed by atoms with van der Waals surface area (Å²) >= 11 is 0. The van der Waals surface area contributed by atoms with Gasteiger partial charge in [-0.15, -0.1) is 0 Å². The second kappa shape index (κ2) is 9.37. The van der Waals surface area contributed by atoms with Crippen LogP contribution in [0.15, 0.2) is 29.3 Å². The summed E-state index contributed by atoms with van der Waals surface area (Å²) in [6.07, 6.45) is 3.03. The maximum Gasteiger partial charge on any atom is 0.211 e.